The molecule has 140 valence electrons. The monoisotopic (exact) mass is 365 g/mol. The Bertz CT molecular complexity index is 1050. The predicted octanol–water partition coefficient (Wildman–Crippen LogP) is 4.11. The zero-order valence-corrected chi connectivity index (χ0v) is 16.0. The van der Waals surface area contributed by atoms with Crippen molar-refractivity contribution in [3.63, 3.8) is 0 Å². The van der Waals surface area contributed by atoms with Crippen LogP contribution in [0.3, 0.4) is 0 Å². The van der Waals surface area contributed by atoms with E-state index in [2.05, 4.69) is 5.32 Å². The van der Waals surface area contributed by atoms with Crippen molar-refractivity contribution in [2.75, 3.05) is 18.5 Å². The topological polar surface area (TPSA) is 64.6 Å². The van der Waals surface area contributed by atoms with Crippen LogP contribution >= 0.6 is 0 Å². The lowest BCUT2D eigenvalue weighted by Gasteiger charge is -2.17. The molecule has 0 aliphatic heterocycles. The SMILES string of the molecule is CCOc1ccc(OCC)c(Nc2c(-c3ccc(C)c(C)c3)c(=O)c2=O)c1. The van der Waals surface area contributed by atoms with Gasteiger partial charge in [-0.25, -0.2) is 0 Å². The zero-order chi connectivity index (χ0) is 19.6. The first-order chi connectivity index (χ1) is 13.0. The van der Waals surface area contributed by atoms with Crippen LogP contribution in [0.4, 0.5) is 11.4 Å². The average molecular weight is 365 g/mol. The summed E-state index contributed by atoms with van der Waals surface area (Å²) >= 11 is 0. The molecule has 0 saturated carbocycles. The lowest BCUT2D eigenvalue weighted by Crippen LogP contribution is -2.35. The van der Waals surface area contributed by atoms with Crippen LogP contribution in [-0.2, 0) is 0 Å². The first-order valence-electron chi connectivity index (χ1n) is 9.03. The Morgan fingerprint density at radius 2 is 1.59 bits per heavy atom. The number of ether oxygens (including phenoxy) is 2. The molecule has 0 saturated heterocycles. The Morgan fingerprint density at radius 1 is 0.852 bits per heavy atom. The van der Waals surface area contributed by atoms with Gasteiger partial charge in [0.25, 0.3) is 5.43 Å². The van der Waals surface area contributed by atoms with Crippen molar-refractivity contribution >= 4 is 11.4 Å². The van der Waals surface area contributed by atoms with E-state index in [4.69, 9.17) is 9.47 Å². The Kier molecular flexibility index (Phi) is 5.31. The van der Waals surface area contributed by atoms with Crippen molar-refractivity contribution < 1.29 is 9.47 Å². The highest BCUT2D eigenvalue weighted by Crippen LogP contribution is 2.34. The number of anilines is 2. The van der Waals surface area contributed by atoms with Gasteiger partial charge >= 0.3 is 0 Å². The first-order valence-corrected chi connectivity index (χ1v) is 9.03. The van der Waals surface area contributed by atoms with Gasteiger partial charge in [-0.3, -0.25) is 9.59 Å². The molecule has 0 radical (unpaired) electrons. The van der Waals surface area contributed by atoms with Crippen molar-refractivity contribution in [3.05, 3.63) is 68.0 Å². The van der Waals surface area contributed by atoms with Crippen LogP contribution in [-0.4, -0.2) is 13.2 Å². The summed E-state index contributed by atoms with van der Waals surface area (Å²) < 4.78 is 11.2. The van der Waals surface area contributed by atoms with Crippen LogP contribution in [0.15, 0.2) is 46.0 Å². The van der Waals surface area contributed by atoms with E-state index in [1.165, 1.54) is 0 Å². The van der Waals surface area contributed by atoms with Gasteiger partial charge in [0.15, 0.2) is 0 Å². The van der Waals surface area contributed by atoms with Crippen molar-refractivity contribution in [1.29, 1.82) is 0 Å². The molecule has 0 amide bonds. The second-order valence-corrected chi connectivity index (χ2v) is 6.36. The largest absolute Gasteiger partial charge is 0.494 e. The number of benzene rings is 2. The van der Waals surface area contributed by atoms with Crippen molar-refractivity contribution in [1.82, 2.24) is 0 Å². The molecule has 27 heavy (non-hydrogen) atoms. The highest BCUT2D eigenvalue weighted by atomic mass is 16.5. The molecule has 0 atom stereocenters. The second kappa shape index (κ2) is 7.66. The Morgan fingerprint density at radius 3 is 2.26 bits per heavy atom. The molecule has 0 aliphatic rings. The summed E-state index contributed by atoms with van der Waals surface area (Å²) in [4.78, 5) is 24.5. The molecule has 0 aromatic heterocycles. The van der Waals surface area contributed by atoms with Crippen LogP contribution in [0.1, 0.15) is 25.0 Å². The first kappa shape index (κ1) is 18.7. The average Bonchev–Trinajstić information content (AvgIpc) is 2.66. The molecular formula is C22H23NO4. The van der Waals surface area contributed by atoms with Crippen LogP contribution in [0.5, 0.6) is 11.5 Å². The Labute approximate surface area is 158 Å². The Balaban J connectivity index is 2.03. The fraction of sp³-hybridized carbons (Fsp3) is 0.273. The van der Waals surface area contributed by atoms with Gasteiger partial charge < -0.3 is 14.8 Å². The summed E-state index contributed by atoms with van der Waals surface area (Å²) in [6, 6.07) is 11.1. The molecule has 1 N–H and O–H groups in total. The van der Waals surface area contributed by atoms with Crippen LogP contribution in [0.2, 0.25) is 0 Å². The molecule has 3 aromatic carbocycles. The van der Waals surface area contributed by atoms with Crippen LogP contribution in [0.25, 0.3) is 11.1 Å². The number of aryl methyl sites for hydroxylation is 2. The smallest absolute Gasteiger partial charge is 0.250 e. The maximum Gasteiger partial charge on any atom is 0.250 e. The van der Waals surface area contributed by atoms with E-state index >= 15 is 0 Å². The molecule has 5 nitrogen and oxygen atoms in total. The van der Waals surface area contributed by atoms with Gasteiger partial charge in [-0.05, 0) is 56.5 Å². The standard InChI is InChI=1S/C22H23NO4/c1-5-26-16-9-10-18(27-6-2)17(12-16)23-20-19(21(24)22(20)25)15-8-7-13(3)14(4)11-15/h7-12,23H,5-6H2,1-4H3. The highest BCUT2D eigenvalue weighted by Gasteiger charge is 2.23. The fourth-order valence-electron chi connectivity index (χ4n) is 2.96. The van der Waals surface area contributed by atoms with E-state index in [1.807, 2.05) is 52.0 Å². The predicted molar refractivity (Wildman–Crippen MR) is 108 cm³/mol. The van der Waals surface area contributed by atoms with Crippen LogP contribution < -0.4 is 25.6 Å². The van der Waals surface area contributed by atoms with Gasteiger partial charge in [-0.1, -0.05) is 18.2 Å². The molecule has 0 spiro atoms. The lowest BCUT2D eigenvalue weighted by atomic mass is 9.95. The van der Waals surface area contributed by atoms with E-state index in [1.54, 1.807) is 12.1 Å². The van der Waals surface area contributed by atoms with Gasteiger partial charge in [0, 0.05) is 6.07 Å². The van der Waals surface area contributed by atoms with Gasteiger partial charge in [0.05, 0.1) is 24.5 Å². The lowest BCUT2D eigenvalue weighted by molar-refractivity contribution is 0.332. The van der Waals surface area contributed by atoms with Crippen molar-refractivity contribution in [3.8, 4) is 22.6 Å². The van der Waals surface area contributed by atoms with E-state index in [0.717, 1.165) is 16.7 Å². The Hall–Kier alpha value is -3.08. The van der Waals surface area contributed by atoms with Crippen LogP contribution in [0, 0.1) is 13.8 Å². The summed E-state index contributed by atoms with van der Waals surface area (Å²) in [6.07, 6.45) is 0. The summed E-state index contributed by atoms with van der Waals surface area (Å²) in [5.41, 5.74) is 3.25. The van der Waals surface area contributed by atoms with E-state index in [-0.39, 0.29) is 5.69 Å². The van der Waals surface area contributed by atoms with Gasteiger partial charge in [-0.15, -0.1) is 0 Å². The molecular weight excluding hydrogens is 342 g/mol. The number of nitrogens with one attached hydrogen (secondary N) is 1. The normalized spacial score (nSPS) is 10.8. The maximum atomic E-state index is 12.2. The summed E-state index contributed by atoms with van der Waals surface area (Å²) in [6.45, 7) is 8.79. The van der Waals surface area contributed by atoms with Gasteiger partial charge in [-0.2, -0.15) is 0 Å². The molecule has 0 unspecified atom stereocenters. The summed E-state index contributed by atoms with van der Waals surface area (Å²) in [5.74, 6) is 1.26. The third-order valence-electron chi connectivity index (χ3n) is 4.53. The molecule has 0 aliphatic carbocycles. The highest BCUT2D eigenvalue weighted by molar-refractivity contribution is 5.86. The van der Waals surface area contributed by atoms with Crippen molar-refractivity contribution in [2.24, 2.45) is 0 Å². The second-order valence-electron chi connectivity index (χ2n) is 6.36. The minimum Gasteiger partial charge on any atom is -0.494 e. The van der Waals surface area contributed by atoms with Gasteiger partial charge in [0.2, 0.25) is 5.43 Å². The summed E-state index contributed by atoms with van der Waals surface area (Å²) in [7, 11) is 0. The molecule has 0 heterocycles. The van der Waals surface area contributed by atoms with Gasteiger partial charge in [0.1, 0.15) is 17.2 Å². The van der Waals surface area contributed by atoms with E-state index in [0.29, 0.717) is 36.0 Å². The number of hydrogen-bond acceptors (Lipinski definition) is 5. The third-order valence-corrected chi connectivity index (χ3v) is 4.53. The van der Waals surface area contributed by atoms with Crippen molar-refractivity contribution in [2.45, 2.75) is 27.7 Å². The number of rotatable bonds is 7. The molecule has 0 bridgehead atoms. The third kappa shape index (κ3) is 3.58. The summed E-state index contributed by atoms with van der Waals surface area (Å²) in [5, 5.41) is 3.10. The fourth-order valence-corrected chi connectivity index (χ4v) is 2.96. The maximum absolute atomic E-state index is 12.2. The molecule has 3 rings (SSSR count). The van der Waals surface area contributed by atoms with E-state index in [9.17, 15) is 9.59 Å². The molecule has 3 aromatic rings. The number of hydrogen-bond donors (Lipinski definition) is 1. The quantitative estimate of drug-likeness (QED) is 0.639. The molecule has 0 fully saturated rings. The van der Waals surface area contributed by atoms with E-state index < -0.39 is 10.9 Å². The minimum atomic E-state index is -0.521. The molecule has 5 heteroatoms. The minimum absolute atomic E-state index is 0.290. The zero-order valence-electron chi connectivity index (χ0n) is 16.0.